The maximum Gasteiger partial charge on any atom is 0.257 e. The molecule has 0 radical (unpaired) electrons. The van der Waals surface area contributed by atoms with Crippen LogP contribution in [0.1, 0.15) is 15.9 Å². The highest BCUT2D eigenvalue weighted by atomic mass is 16.5. The Morgan fingerprint density at radius 2 is 1.79 bits per heavy atom. The number of pyridine rings is 1. The van der Waals surface area contributed by atoms with Crippen LogP contribution in [0.25, 0.3) is 22.0 Å². The molecule has 7 rings (SSSR count). The zero-order valence-electron chi connectivity index (χ0n) is 23.5. The van der Waals surface area contributed by atoms with E-state index in [0.717, 1.165) is 76.7 Å². The van der Waals surface area contributed by atoms with Crippen molar-refractivity contribution in [1.29, 1.82) is 5.26 Å². The summed E-state index contributed by atoms with van der Waals surface area (Å²) in [6.07, 6.45) is 6.19. The van der Waals surface area contributed by atoms with Gasteiger partial charge in [0, 0.05) is 48.5 Å². The zero-order chi connectivity index (χ0) is 29.2. The first-order valence-corrected chi connectivity index (χ1v) is 14.4. The summed E-state index contributed by atoms with van der Waals surface area (Å²) in [5, 5.41) is 16.8. The molecule has 43 heavy (non-hydrogen) atoms. The molecule has 4 heterocycles. The third-order valence-electron chi connectivity index (χ3n) is 7.97. The van der Waals surface area contributed by atoms with Crippen LogP contribution in [-0.2, 0) is 17.7 Å². The number of morpholine rings is 1. The van der Waals surface area contributed by atoms with E-state index in [2.05, 4.69) is 44.8 Å². The summed E-state index contributed by atoms with van der Waals surface area (Å²) in [4.78, 5) is 19.8. The van der Waals surface area contributed by atoms with Crippen molar-refractivity contribution in [3.8, 4) is 22.9 Å². The highest BCUT2D eigenvalue weighted by Gasteiger charge is 2.21. The Bertz CT molecular complexity index is 1850. The van der Waals surface area contributed by atoms with Gasteiger partial charge in [0.2, 0.25) is 0 Å². The lowest BCUT2D eigenvalue weighted by molar-refractivity contribution is 0.102. The van der Waals surface area contributed by atoms with E-state index in [0.29, 0.717) is 18.6 Å². The fraction of sp³-hybridized carbons (Fsp3) is 0.206. The highest BCUT2D eigenvalue weighted by Crippen LogP contribution is 2.37. The summed E-state index contributed by atoms with van der Waals surface area (Å²) in [5.41, 5.74) is 7.91. The monoisotopic (exact) mass is 570 g/mol. The number of carbonyl (C=O) groups excluding carboxylic acids is 1. The average molecular weight is 571 g/mol. The van der Waals surface area contributed by atoms with Crippen LogP contribution in [0.2, 0.25) is 0 Å². The number of rotatable bonds is 7. The van der Waals surface area contributed by atoms with Gasteiger partial charge in [0.05, 0.1) is 60.2 Å². The number of carbonyl (C=O) groups is 1. The maximum absolute atomic E-state index is 13.2. The van der Waals surface area contributed by atoms with E-state index in [1.165, 1.54) is 5.69 Å². The number of aromatic nitrogens is 2. The van der Waals surface area contributed by atoms with Crippen molar-refractivity contribution in [2.24, 2.45) is 0 Å². The Balaban J connectivity index is 1.06. The first-order valence-electron chi connectivity index (χ1n) is 14.4. The second-order valence-electron chi connectivity index (χ2n) is 10.6. The van der Waals surface area contributed by atoms with E-state index in [4.69, 9.17) is 9.47 Å². The van der Waals surface area contributed by atoms with Gasteiger partial charge in [-0.05, 0) is 65.7 Å². The molecule has 2 N–H and O–H groups in total. The number of anilines is 4. The second-order valence-corrected chi connectivity index (χ2v) is 10.6. The Morgan fingerprint density at radius 3 is 2.63 bits per heavy atom. The molecule has 3 aromatic carbocycles. The summed E-state index contributed by atoms with van der Waals surface area (Å²) < 4.78 is 13.4. The van der Waals surface area contributed by atoms with Crippen LogP contribution in [0.3, 0.4) is 0 Å². The molecule has 9 nitrogen and oxygen atoms in total. The van der Waals surface area contributed by atoms with Crippen LogP contribution in [0.15, 0.2) is 85.3 Å². The summed E-state index contributed by atoms with van der Waals surface area (Å²) in [7, 11) is 0. The van der Waals surface area contributed by atoms with Crippen LogP contribution in [-0.4, -0.2) is 48.4 Å². The molecule has 0 saturated carbocycles. The van der Waals surface area contributed by atoms with E-state index in [1.54, 1.807) is 12.4 Å². The predicted octanol–water partition coefficient (Wildman–Crippen LogP) is 5.99. The van der Waals surface area contributed by atoms with Gasteiger partial charge in [0.25, 0.3) is 5.91 Å². The summed E-state index contributed by atoms with van der Waals surface area (Å²) >= 11 is 0. The van der Waals surface area contributed by atoms with E-state index in [1.807, 2.05) is 59.3 Å². The summed E-state index contributed by atoms with van der Waals surface area (Å²) in [6.45, 7) is 4.09. The number of nitrogens with one attached hydrogen (secondary N) is 2. The largest absolute Gasteiger partial charge is 0.493 e. The summed E-state index contributed by atoms with van der Waals surface area (Å²) in [5.74, 6) is 0.665. The van der Waals surface area contributed by atoms with Gasteiger partial charge >= 0.3 is 0 Å². The van der Waals surface area contributed by atoms with Gasteiger partial charge in [0.1, 0.15) is 12.3 Å². The lowest BCUT2D eigenvalue weighted by atomic mass is 10.0. The van der Waals surface area contributed by atoms with Gasteiger partial charge in [-0.15, -0.1) is 0 Å². The standard InChI is InChI=1S/C34H30N6O3/c35-11-13-40-22-29(27-9-12-36-21-33(27)40)24-2-7-28-31(20-24)37-30-8-1-23(19-32(30)38-34(28)41)10-16-43-26-5-3-25(4-6-26)39-14-17-42-18-15-39/h1-9,12,19-22,37H,10,13-18H2,(H,38,41). The van der Waals surface area contributed by atoms with Crippen LogP contribution >= 0.6 is 0 Å². The SMILES string of the molecule is N#CCn1cc(-c2ccc3c(c2)Nc2ccc(CCOc4ccc(N5CCOCC5)cc4)cc2NC3=O)c2ccncc21. The topological polar surface area (TPSA) is 104 Å². The van der Waals surface area contributed by atoms with E-state index in [9.17, 15) is 10.1 Å². The number of ether oxygens (including phenoxy) is 2. The molecule has 2 aliphatic heterocycles. The lowest BCUT2D eigenvalue weighted by Crippen LogP contribution is -2.36. The molecule has 1 fully saturated rings. The smallest absolute Gasteiger partial charge is 0.257 e. The molecule has 214 valence electrons. The van der Waals surface area contributed by atoms with Crippen molar-refractivity contribution in [2.45, 2.75) is 13.0 Å². The Hall–Kier alpha value is -5.33. The quantitative estimate of drug-likeness (QED) is 0.248. The third kappa shape index (κ3) is 5.36. The minimum atomic E-state index is -0.169. The van der Waals surface area contributed by atoms with Crippen LogP contribution in [0, 0.1) is 11.3 Å². The van der Waals surface area contributed by atoms with Gasteiger partial charge < -0.3 is 29.6 Å². The molecule has 1 saturated heterocycles. The molecule has 1 amide bonds. The van der Waals surface area contributed by atoms with Crippen molar-refractivity contribution >= 4 is 39.6 Å². The second kappa shape index (κ2) is 11.5. The minimum absolute atomic E-state index is 0.169. The Morgan fingerprint density at radius 1 is 0.930 bits per heavy atom. The van der Waals surface area contributed by atoms with Crippen LogP contribution in [0.5, 0.6) is 5.75 Å². The Kier molecular flexibility index (Phi) is 7.11. The summed E-state index contributed by atoms with van der Waals surface area (Å²) in [6, 6.07) is 24.2. The molecule has 0 spiro atoms. The van der Waals surface area contributed by atoms with Crippen molar-refractivity contribution in [3.63, 3.8) is 0 Å². The number of fused-ring (bicyclic) bond motifs is 3. The zero-order valence-corrected chi connectivity index (χ0v) is 23.5. The fourth-order valence-corrected chi connectivity index (χ4v) is 5.74. The number of amides is 1. The van der Waals surface area contributed by atoms with Crippen molar-refractivity contribution < 1.29 is 14.3 Å². The number of nitrogens with zero attached hydrogens (tertiary/aromatic N) is 4. The van der Waals surface area contributed by atoms with Crippen molar-refractivity contribution in [1.82, 2.24) is 9.55 Å². The number of benzene rings is 3. The average Bonchev–Trinajstić information content (AvgIpc) is 3.34. The molecule has 9 heteroatoms. The van der Waals surface area contributed by atoms with E-state index in [-0.39, 0.29) is 12.5 Å². The Labute approximate surface area is 249 Å². The molecule has 0 aliphatic carbocycles. The first kappa shape index (κ1) is 26.6. The normalized spacial score (nSPS) is 14.2. The molecule has 0 atom stereocenters. The van der Waals surface area contributed by atoms with Crippen LogP contribution < -0.4 is 20.3 Å². The highest BCUT2D eigenvalue weighted by molar-refractivity contribution is 6.13. The van der Waals surface area contributed by atoms with Gasteiger partial charge in [-0.3, -0.25) is 9.78 Å². The van der Waals surface area contributed by atoms with E-state index < -0.39 is 0 Å². The first-order chi connectivity index (χ1) is 21.2. The van der Waals surface area contributed by atoms with Gasteiger partial charge in [-0.25, -0.2) is 0 Å². The maximum atomic E-state index is 13.2. The molecule has 0 bridgehead atoms. The molecular weight excluding hydrogens is 540 g/mol. The number of hydrogen-bond acceptors (Lipinski definition) is 7. The van der Waals surface area contributed by atoms with Gasteiger partial charge in [-0.1, -0.05) is 12.1 Å². The molecule has 5 aromatic rings. The van der Waals surface area contributed by atoms with E-state index >= 15 is 0 Å². The third-order valence-corrected chi connectivity index (χ3v) is 7.97. The molecule has 2 aliphatic rings. The molecule has 0 unspecified atom stereocenters. The molecular formula is C34H30N6O3. The molecule has 2 aromatic heterocycles. The number of hydrogen-bond donors (Lipinski definition) is 2. The van der Waals surface area contributed by atoms with Crippen molar-refractivity contribution in [2.75, 3.05) is 48.4 Å². The predicted molar refractivity (Wildman–Crippen MR) is 167 cm³/mol. The minimum Gasteiger partial charge on any atom is -0.493 e. The number of nitriles is 1. The fourth-order valence-electron chi connectivity index (χ4n) is 5.74. The van der Waals surface area contributed by atoms with Gasteiger partial charge in [0.15, 0.2) is 0 Å². The van der Waals surface area contributed by atoms with Gasteiger partial charge in [-0.2, -0.15) is 5.26 Å². The van der Waals surface area contributed by atoms with Crippen molar-refractivity contribution in [3.05, 3.63) is 96.4 Å². The lowest BCUT2D eigenvalue weighted by Gasteiger charge is -2.28. The van der Waals surface area contributed by atoms with Crippen LogP contribution in [0.4, 0.5) is 22.7 Å².